The number of carbonyl (C=O) groups excluding carboxylic acids is 1. The van der Waals surface area contributed by atoms with Gasteiger partial charge in [-0.15, -0.1) is 0 Å². The van der Waals surface area contributed by atoms with E-state index in [-0.39, 0.29) is 11.5 Å². The lowest BCUT2D eigenvalue weighted by molar-refractivity contribution is -0.114. The van der Waals surface area contributed by atoms with Crippen LogP contribution in [0.2, 0.25) is 0 Å². The molecule has 144 valence electrons. The summed E-state index contributed by atoms with van der Waals surface area (Å²) < 4.78 is 0. The van der Waals surface area contributed by atoms with E-state index in [1.165, 1.54) is 16.8 Å². The van der Waals surface area contributed by atoms with Crippen LogP contribution in [0.15, 0.2) is 72.5 Å². The van der Waals surface area contributed by atoms with Crippen molar-refractivity contribution in [3.8, 4) is 11.3 Å². The van der Waals surface area contributed by atoms with E-state index in [9.17, 15) is 9.90 Å². The number of aromatic nitrogens is 1. The number of ketones is 1. The number of aliphatic hydroxyl groups excluding tert-OH is 1. The first-order valence-electron chi connectivity index (χ1n) is 9.72. The number of aliphatic hydroxyl groups is 1. The summed E-state index contributed by atoms with van der Waals surface area (Å²) in [4.78, 5) is 16.9. The van der Waals surface area contributed by atoms with E-state index in [1.54, 1.807) is 0 Å². The van der Waals surface area contributed by atoms with Crippen LogP contribution in [0.5, 0.6) is 0 Å². The van der Waals surface area contributed by atoms with E-state index in [0.717, 1.165) is 23.4 Å². The molecule has 2 aromatic carbocycles. The molecule has 3 aromatic rings. The van der Waals surface area contributed by atoms with Gasteiger partial charge in [-0.25, -0.2) is 0 Å². The summed E-state index contributed by atoms with van der Waals surface area (Å²) >= 11 is 0. The number of hydrogen-bond donors (Lipinski definition) is 1. The van der Waals surface area contributed by atoms with Gasteiger partial charge in [0.05, 0.1) is 5.69 Å². The van der Waals surface area contributed by atoms with Crippen molar-refractivity contribution in [2.45, 2.75) is 40.0 Å². The van der Waals surface area contributed by atoms with Gasteiger partial charge in [0.15, 0.2) is 5.78 Å². The molecule has 0 aliphatic rings. The number of pyridine rings is 1. The molecule has 1 aromatic heterocycles. The minimum absolute atomic E-state index is 0.0439. The molecule has 3 heteroatoms. The fourth-order valence-electron chi connectivity index (χ4n) is 3.10. The van der Waals surface area contributed by atoms with Crippen molar-refractivity contribution in [2.24, 2.45) is 5.41 Å². The molecule has 0 aliphatic heterocycles. The summed E-state index contributed by atoms with van der Waals surface area (Å²) in [5, 5.41) is 12.3. The lowest BCUT2D eigenvalue weighted by Gasteiger charge is -2.16. The van der Waals surface area contributed by atoms with E-state index < -0.39 is 5.41 Å². The third kappa shape index (κ3) is 4.86. The van der Waals surface area contributed by atoms with Crippen molar-refractivity contribution < 1.29 is 9.90 Å². The highest BCUT2D eigenvalue weighted by Gasteiger charge is 2.17. The quantitative estimate of drug-likeness (QED) is 0.408. The van der Waals surface area contributed by atoms with Gasteiger partial charge in [0.1, 0.15) is 5.76 Å². The van der Waals surface area contributed by atoms with Gasteiger partial charge in [-0.1, -0.05) is 69.3 Å². The maximum Gasteiger partial charge on any atom is 0.159 e. The molecule has 0 aliphatic carbocycles. The van der Waals surface area contributed by atoms with Crippen molar-refractivity contribution in [3.63, 3.8) is 0 Å². The first-order valence-corrected chi connectivity index (χ1v) is 9.72. The number of allylic oxidation sites excluding steroid dienone is 2. The number of benzene rings is 2. The highest BCUT2D eigenvalue weighted by atomic mass is 16.3. The zero-order valence-electron chi connectivity index (χ0n) is 16.8. The largest absolute Gasteiger partial charge is 0.512 e. The third-order valence-corrected chi connectivity index (χ3v) is 4.79. The number of hydrogen-bond acceptors (Lipinski definition) is 3. The molecule has 3 rings (SSSR count). The first-order chi connectivity index (χ1) is 13.3. The molecule has 1 N–H and O–H groups in total. The normalized spacial score (nSPS) is 12.3. The summed E-state index contributed by atoms with van der Waals surface area (Å²) in [6.45, 7) is 5.65. The minimum Gasteiger partial charge on any atom is -0.512 e. The standard InChI is InChI=1S/C25H27NO2/c1-25(2,3)24(28)17-20(27)13-7-11-19-12-8-16-23(26-19)22-15-6-10-18-9-4-5-14-21(18)22/h4-6,8-10,12,14-17,28H,7,11,13H2,1-3H3. The predicted octanol–water partition coefficient (Wildman–Crippen LogP) is 6.28. The third-order valence-electron chi connectivity index (χ3n) is 4.79. The second-order valence-electron chi connectivity index (χ2n) is 8.14. The van der Waals surface area contributed by atoms with Crippen LogP contribution in [0.4, 0.5) is 0 Å². The van der Waals surface area contributed by atoms with Crippen LogP contribution in [0, 0.1) is 5.41 Å². The Kier molecular flexibility index (Phi) is 5.93. The average Bonchev–Trinajstić information content (AvgIpc) is 2.67. The van der Waals surface area contributed by atoms with Gasteiger partial charge in [-0.05, 0) is 35.7 Å². The molecule has 0 unspecified atom stereocenters. The van der Waals surface area contributed by atoms with Crippen LogP contribution in [-0.4, -0.2) is 15.9 Å². The Bertz CT molecular complexity index is 1010. The van der Waals surface area contributed by atoms with Crippen molar-refractivity contribution in [1.82, 2.24) is 4.98 Å². The highest BCUT2D eigenvalue weighted by molar-refractivity contribution is 5.95. The lowest BCUT2D eigenvalue weighted by Crippen LogP contribution is -2.11. The SMILES string of the molecule is CC(C)(C)C(O)=CC(=O)CCCc1cccc(-c2cccc3ccccc23)n1. The summed E-state index contributed by atoms with van der Waals surface area (Å²) in [6.07, 6.45) is 3.20. The molecule has 0 fully saturated rings. The fourth-order valence-corrected chi connectivity index (χ4v) is 3.10. The molecular weight excluding hydrogens is 346 g/mol. The van der Waals surface area contributed by atoms with Gasteiger partial charge >= 0.3 is 0 Å². The molecular formula is C25H27NO2. The van der Waals surface area contributed by atoms with Crippen molar-refractivity contribution in [2.75, 3.05) is 0 Å². The van der Waals surface area contributed by atoms with Crippen LogP contribution >= 0.6 is 0 Å². The van der Waals surface area contributed by atoms with Crippen LogP contribution in [0.1, 0.15) is 39.3 Å². The van der Waals surface area contributed by atoms with E-state index in [0.29, 0.717) is 12.8 Å². The van der Waals surface area contributed by atoms with E-state index >= 15 is 0 Å². The molecule has 0 radical (unpaired) electrons. The Morgan fingerprint density at radius 2 is 1.71 bits per heavy atom. The van der Waals surface area contributed by atoms with Gasteiger partial charge in [0.25, 0.3) is 0 Å². The van der Waals surface area contributed by atoms with Gasteiger partial charge in [-0.3, -0.25) is 9.78 Å². The van der Waals surface area contributed by atoms with Crippen LogP contribution < -0.4 is 0 Å². The molecule has 0 saturated carbocycles. The monoisotopic (exact) mass is 373 g/mol. The summed E-state index contributed by atoms with van der Waals surface area (Å²) in [6, 6.07) is 20.6. The zero-order valence-corrected chi connectivity index (χ0v) is 16.8. The maximum atomic E-state index is 12.1. The summed E-state index contributed by atoms with van der Waals surface area (Å²) in [5.74, 6) is 0.0891. The smallest absolute Gasteiger partial charge is 0.159 e. The summed E-state index contributed by atoms with van der Waals surface area (Å²) in [7, 11) is 0. The predicted molar refractivity (Wildman–Crippen MR) is 115 cm³/mol. The number of fused-ring (bicyclic) bond motifs is 1. The average molecular weight is 373 g/mol. The Hall–Kier alpha value is -2.94. The second-order valence-corrected chi connectivity index (χ2v) is 8.14. The Morgan fingerprint density at radius 1 is 1.00 bits per heavy atom. The van der Waals surface area contributed by atoms with Gasteiger partial charge < -0.3 is 5.11 Å². The molecule has 0 bridgehead atoms. The Morgan fingerprint density at radius 3 is 2.50 bits per heavy atom. The number of carbonyl (C=O) groups is 1. The highest BCUT2D eigenvalue weighted by Crippen LogP contribution is 2.27. The number of rotatable bonds is 6. The minimum atomic E-state index is -0.399. The van der Waals surface area contributed by atoms with E-state index in [1.807, 2.05) is 51.1 Å². The zero-order chi connectivity index (χ0) is 20.1. The van der Waals surface area contributed by atoms with E-state index in [4.69, 9.17) is 4.98 Å². The second kappa shape index (κ2) is 8.39. The molecule has 0 spiro atoms. The summed E-state index contributed by atoms with van der Waals surface area (Å²) in [5.41, 5.74) is 2.64. The number of aryl methyl sites for hydroxylation is 1. The topological polar surface area (TPSA) is 50.2 Å². The Labute approximate surface area is 166 Å². The number of nitrogens with zero attached hydrogens (tertiary/aromatic N) is 1. The molecule has 0 saturated heterocycles. The van der Waals surface area contributed by atoms with Crippen molar-refractivity contribution in [3.05, 3.63) is 78.2 Å². The van der Waals surface area contributed by atoms with Crippen LogP contribution in [0.25, 0.3) is 22.0 Å². The van der Waals surface area contributed by atoms with Crippen molar-refractivity contribution >= 4 is 16.6 Å². The first kappa shape index (κ1) is 19.8. The van der Waals surface area contributed by atoms with E-state index in [2.05, 4.69) is 30.3 Å². The molecule has 1 heterocycles. The van der Waals surface area contributed by atoms with Gasteiger partial charge in [0.2, 0.25) is 0 Å². The lowest BCUT2D eigenvalue weighted by atomic mass is 9.92. The van der Waals surface area contributed by atoms with Crippen molar-refractivity contribution in [1.29, 1.82) is 0 Å². The van der Waals surface area contributed by atoms with Crippen LogP contribution in [0.3, 0.4) is 0 Å². The molecule has 0 atom stereocenters. The Balaban J connectivity index is 1.70. The maximum absolute atomic E-state index is 12.1. The fraction of sp³-hybridized carbons (Fsp3) is 0.280. The molecule has 28 heavy (non-hydrogen) atoms. The van der Waals surface area contributed by atoms with Gasteiger partial charge in [-0.2, -0.15) is 0 Å². The van der Waals surface area contributed by atoms with Crippen LogP contribution in [-0.2, 0) is 11.2 Å². The molecule has 3 nitrogen and oxygen atoms in total. The van der Waals surface area contributed by atoms with Gasteiger partial charge in [0, 0.05) is 29.2 Å². The molecule has 0 amide bonds.